The monoisotopic (exact) mass is 414 g/mol. The first-order valence-electron chi connectivity index (χ1n) is 10.2. The molecule has 2 aliphatic carbocycles. The number of carbonyl (C=O) groups is 1. The van der Waals surface area contributed by atoms with E-state index in [9.17, 15) is 10.1 Å². The molecule has 0 unspecified atom stereocenters. The molecule has 4 rings (SSSR count). The van der Waals surface area contributed by atoms with E-state index in [4.69, 9.17) is 0 Å². The first-order valence-corrected chi connectivity index (χ1v) is 11.9. The zero-order valence-corrected chi connectivity index (χ0v) is 18.1. The first kappa shape index (κ1) is 19.7. The first-order chi connectivity index (χ1) is 13.5. The molecule has 1 amide bonds. The van der Waals surface area contributed by atoms with Gasteiger partial charge < -0.3 is 5.32 Å². The fourth-order valence-electron chi connectivity index (χ4n) is 4.31. The predicted octanol–water partition coefficient (Wildman–Crippen LogP) is 4.64. The van der Waals surface area contributed by atoms with Crippen molar-refractivity contribution in [3.05, 3.63) is 16.8 Å². The minimum absolute atomic E-state index is 0.0714. The molecule has 0 aromatic carbocycles. The SMILES string of the molecule is C[C@H]1CCc2c(sc3ncnc(S[C@H](C)C(=O)NC4(C#N)CCCCC4)c23)C1. The number of thiophene rings is 1. The van der Waals surface area contributed by atoms with Crippen LogP contribution in [0.1, 0.15) is 62.8 Å². The molecule has 2 aromatic rings. The van der Waals surface area contributed by atoms with Crippen LogP contribution in [0.3, 0.4) is 0 Å². The van der Waals surface area contributed by atoms with E-state index in [0.29, 0.717) is 5.92 Å². The number of fused-ring (bicyclic) bond motifs is 3. The summed E-state index contributed by atoms with van der Waals surface area (Å²) in [6, 6.07) is 2.37. The van der Waals surface area contributed by atoms with Crippen molar-refractivity contribution >= 4 is 39.2 Å². The molecule has 0 radical (unpaired) electrons. The van der Waals surface area contributed by atoms with Crippen LogP contribution in [-0.2, 0) is 17.6 Å². The van der Waals surface area contributed by atoms with Crippen LogP contribution in [0.2, 0.25) is 0 Å². The summed E-state index contributed by atoms with van der Waals surface area (Å²) in [4.78, 5) is 24.3. The second kappa shape index (κ2) is 8.00. The van der Waals surface area contributed by atoms with Gasteiger partial charge in [0.05, 0.1) is 11.3 Å². The number of aryl methyl sites for hydroxylation is 1. The molecule has 1 N–H and O–H groups in total. The summed E-state index contributed by atoms with van der Waals surface area (Å²) < 4.78 is 0. The van der Waals surface area contributed by atoms with Gasteiger partial charge in [-0.3, -0.25) is 4.79 Å². The summed E-state index contributed by atoms with van der Waals surface area (Å²) in [6.07, 6.45) is 9.63. The van der Waals surface area contributed by atoms with Crippen LogP contribution in [0, 0.1) is 17.2 Å². The highest BCUT2D eigenvalue weighted by Gasteiger charge is 2.35. The zero-order chi connectivity index (χ0) is 19.7. The van der Waals surface area contributed by atoms with Crippen molar-refractivity contribution in [3.63, 3.8) is 0 Å². The molecule has 2 aromatic heterocycles. The Hall–Kier alpha value is -1.65. The lowest BCUT2D eigenvalue weighted by molar-refractivity contribution is -0.121. The normalized spacial score (nSPS) is 22.2. The molecule has 1 saturated carbocycles. The molecular weight excluding hydrogens is 388 g/mol. The number of thioether (sulfide) groups is 1. The Morgan fingerprint density at radius 1 is 1.39 bits per heavy atom. The Kier molecular flexibility index (Phi) is 5.62. The molecule has 1 fully saturated rings. The topological polar surface area (TPSA) is 78.7 Å². The summed E-state index contributed by atoms with van der Waals surface area (Å²) in [5.41, 5.74) is 0.692. The van der Waals surface area contributed by atoms with Crippen LogP contribution >= 0.6 is 23.1 Å². The quantitative estimate of drug-likeness (QED) is 0.582. The maximum atomic E-state index is 12.9. The second-order valence-corrected chi connectivity index (χ2v) is 10.6. The molecule has 0 spiro atoms. The van der Waals surface area contributed by atoms with Crippen molar-refractivity contribution in [1.29, 1.82) is 5.26 Å². The van der Waals surface area contributed by atoms with Crippen molar-refractivity contribution in [2.75, 3.05) is 0 Å². The molecule has 2 aliphatic rings. The summed E-state index contributed by atoms with van der Waals surface area (Å²) in [5, 5.41) is 14.4. The van der Waals surface area contributed by atoms with Gasteiger partial charge in [0.1, 0.15) is 21.7 Å². The Balaban J connectivity index is 1.54. The lowest BCUT2D eigenvalue weighted by atomic mass is 9.83. The molecule has 7 heteroatoms. The maximum Gasteiger partial charge on any atom is 0.234 e. The fourth-order valence-corrected chi connectivity index (χ4v) is 6.68. The van der Waals surface area contributed by atoms with Gasteiger partial charge in [-0.05, 0) is 50.5 Å². The van der Waals surface area contributed by atoms with E-state index < -0.39 is 5.54 Å². The third-order valence-corrected chi connectivity index (χ3v) is 8.26. The van der Waals surface area contributed by atoms with Gasteiger partial charge in [-0.2, -0.15) is 5.26 Å². The lowest BCUT2D eigenvalue weighted by Gasteiger charge is -2.32. The highest BCUT2D eigenvalue weighted by Crippen LogP contribution is 2.41. The highest BCUT2D eigenvalue weighted by atomic mass is 32.2. The van der Waals surface area contributed by atoms with Gasteiger partial charge in [0.25, 0.3) is 0 Å². The molecule has 0 aliphatic heterocycles. The highest BCUT2D eigenvalue weighted by molar-refractivity contribution is 8.00. The summed E-state index contributed by atoms with van der Waals surface area (Å²) in [5.74, 6) is 0.643. The Bertz CT molecular complexity index is 926. The lowest BCUT2D eigenvalue weighted by Crippen LogP contribution is -2.50. The van der Waals surface area contributed by atoms with Crippen molar-refractivity contribution in [2.45, 2.75) is 81.0 Å². The van der Waals surface area contributed by atoms with E-state index in [1.807, 2.05) is 6.92 Å². The van der Waals surface area contributed by atoms with E-state index in [0.717, 1.165) is 60.2 Å². The van der Waals surface area contributed by atoms with E-state index in [1.54, 1.807) is 17.7 Å². The number of hydrogen-bond acceptors (Lipinski definition) is 6. The minimum atomic E-state index is -0.692. The smallest absolute Gasteiger partial charge is 0.234 e. The third kappa shape index (κ3) is 3.77. The zero-order valence-electron chi connectivity index (χ0n) is 16.5. The Labute approximate surface area is 174 Å². The number of nitrogens with zero attached hydrogens (tertiary/aromatic N) is 3. The number of hydrogen-bond donors (Lipinski definition) is 1. The molecule has 148 valence electrons. The van der Waals surface area contributed by atoms with Crippen LogP contribution in [0.4, 0.5) is 0 Å². The van der Waals surface area contributed by atoms with Crippen molar-refractivity contribution < 1.29 is 4.79 Å². The molecule has 5 nitrogen and oxygen atoms in total. The van der Waals surface area contributed by atoms with Crippen LogP contribution in [0.5, 0.6) is 0 Å². The molecular formula is C21H26N4OS2. The minimum Gasteiger partial charge on any atom is -0.337 e. The van der Waals surface area contributed by atoms with E-state index in [-0.39, 0.29) is 11.2 Å². The second-order valence-electron chi connectivity index (χ2n) is 8.21. The summed E-state index contributed by atoms with van der Waals surface area (Å²) in [6.45, 7) is 4.21. The fraction of sp³-hybridized carbons (Fsp3) is 0.619. The maximum absolute atomic E-state index is 12.9. The van der Waals surface area contributed by atoms with Crippen LogP contribution < -0.4 is 5.32 Å². The number of rotatable bonds is 4. The Morgan fingerprint density at radius 3 is 2.93 bits per heavy atom. The van der Waals surface area contributed by atoms with Gasteiger partial charge >= 0.3 is 0 Å². The van der Waals surface area contributed by atoms with Crippen molar-refractivity contribution in [2.24, 2.45) is 5.92 Å². The van der Waals surface area contributed by atoms with Crippen molar-refractivity contribution in [3.8, 4) is 6.07 Å². The Morgan fingerprint density at radius 2 is 2.18 bits per heavy atom. The van der Waals surface area contributed by atoms with Gasteiger partial charge in [-0.15, -0.1) is 11.3 Å². The van der Waals surface area contributed by atoms with Gasteiger partial charge in [0.2, 0.25) is 5.91 Å². The molecule has 0 bridgehead atoms. The van der Waals surface area contributed by atoms with E-state index in [2.05, 4.69) is 28.3 Å². The number of nitrogens with one attached hydrogen (secondary N) is 1. The number of amides is 1. The number of carbonyl (C=O) groups excluding carboxylic acids is 1. The van der Waals surface area contributed by atoms with E-state index in [1.165, 1.54) is 28.6 Å². The van der Waals surface area contributed by atoms with Crippen LogP contribution in [0.25, 0.3) is 10.2 Å². The predicted molar refractivity (Wildman–Crippen MR) is 113 cm³/mol. The molecule has 28 heavy (non-hydrogen) atoms. The summed E-state index contributed by atoms with van der Waals surface area (Å²) >= 11 is 3.27. The average molecular weight is 415 g/mol. The van der Waals surface area contributed by atoms with Gasteiger partial charge in [-0.25, -0.2) is 9.97 Å². The average Bonchev–Trinajstić information content (AvgIpc) is 3.07. The largest absolute Gasteiger partial charge is 0.337 e. The molecule has 0 saturated heterocycles. The van der Waals surface area contributed by atoms with Crippen molar-refractivity contribution in [1.82, 2.24) is 15.3 Å². The summed E-state index contributed by atoms with van der Waals surface area (Å²) in [7, 11) is 0. The van der Waals surface area contributed by atoms with Crippen LogP contribution in [0.15, 0.2) is 11.4 Å². The van der Waals surface area contributed by atoms with Gasteiger partial charge in [0, 0.05) is 10.3 Å². The van der Waals surface area contributed by atoms with Crippen LogP contribution in [-0.4, -0.2) is 26.7 Å². The standard InChI is InChI=1S/C21H26N4OS2/c1-13-6-7-15-16(10-13)28-20-17(15)19(23-12-24-20)27-14(2)18(26)25-21(11-22)8-4-3-5-9-21/h12-14H,3-10H2,1-2H3,(H,25,26)/t13-,14+/m0/s1. The van der Waals surface area contributed by atoms with Gasteiger partial charge in [0.15, 0.2) is 0 Å². The van der Waals surface area contributed by atoms with E-state index >= 15 is 0 Å². The number of nitriles is 1. The number of aromatic nitrogens is 2. The molecule has 2 heterocycles. The van der Waals surface area contributed by atoms with Gasteiger partial charge in [-0.1, -0.05) is 37.9 Å². The molecule has 2 atom stereocenters. The third-order valence-electron chi connectivity index (χ3n) is 6.00.